The van der Waals surface area contributed by atoms with Gasteiger partial charge in [0.1, 0.15) is 5.60 Å². The number of hydrogen-bond acceptors (Lipinski definition) is 4. The Labute approximate surface area is 186 Å². The van der Waals surface area contributed by atoms with Crippen LogP contribution in [0.1, 0.15) is 51.2 Å². The molecule has 1 saturated heterocycles. The lowest BCUT2D eigenvalue weighted by atomic mass is 9.87. The minimum absolute atomic E-state index is 0.105. The van der Waals surface area contributed by atoms with Crippen LogP contribution in [0.4, 0.5) is 0 Å². The lowest BCUT2D eigenvalue weighted by Crippen LogP contribution is -2.47. The Balaban J connectivity index is 1.81. The van der Waals surface area contributed by atoms with Gasteiger partial charge in [0.25, 0.3) is 0 Å². The van der Waals surface area contributed by atoms with Gasteiger partial charge in [-0.25, -0.2) is 8.42 Å². The molecule has 2 atom stereocenters. The minimum Gasteiger partial charge on any atom is -0.460 e. The van der Waals surface area contributed by atoms with Crippen molar-refractivity contribution in [3.8, 4) is 0 Å². The number of carbonyl (C=O) groups excluding carboxylic acids is 1. The van der Waals surface area contributed by atoms with E-state index in [0.29, 0.717) is 37.1 Å². The van der Waals surface area contributed by atoms with Gasteiger partial charge in [-0.15, -0.1) is 0 Å². The van der Waals surface area contributed by atoms with E-state index in [1.165, 1.54) is 0 Å². The summed E-state index contributed by atoms with van der Waals surface area (Å²) >= 11 is 0. The normalized spacial score (nSPS) is 20.4. The summed E-state index contributed by atoms with van der Waals surface area (Å²) in [6, 6.07) is 16.7. The van der Waals surface area contributed by atoms with Crippen molar-refractivity contribution in [2.75, 3.05) is 6.54 Å². The Morgan fingerprint density at radius 1 is 1.06 bits per heavy atom. The molecule has 0 radical (unpaired) electrons. The molecule has 0 saturated carbocycles. The van der Waals surface area contributed by atoms with E-state index in [0.717, 1.165) is 11.1 Å². The topological polar surface area (TPSA) is 63.7 Å². The van der Waals surface area contributed by atoms with Crippen molar-refractivity contribution in [2.45, 2.75) is 69.9 Å². The van der Waals surface area contributed by atoms with Crippen LogP contribution in [-0.4, -0.2) is 36.9 Å². The van der Waals surface area contributed by atoms with E-state index in [4.69, 9.17) is 4.74 Å². The summed E-state index contributed by atoms with van der Waals surface area (Å²) in [5.74, 6) is -0.112. The zero-order valence-corrected chi connectivity index (χ0v) is 19.7. The van der Waals surface area contributed by atoms with Crippen LogP contribution in [0.15, 0.2) is 59.5 Å². The lowest BCUT2D eigenvalue weighted by molar-refractivity contribution is -0.156. The summed E-state index contributed by atoms with van der Waals surface area (Å²) in [5, 5.41) is 0. The standard InChI is InChI=1S/C25H33NO4S/c1-19-10-12-23(13-11-19)31(28,29)26-15-14-21(18-24(27)30-25(2,3)4)17-22(26)16-20-8-6-5-7-9-20/h5-13,21-22H,14-18H2,1-4H3/t21-,22+/m1/s1. The van der Waals surface area contributed by atoms with E-state index >= 15 is 0 Å². The fourth-order valence-electron chi connectivity index (χ4n) is 4.15. The number of aryl methyl sites for hydroxylation is 1. The van der Waals surface area contributed by atoms with Crippen molar-refractivity contribution in [1.82, 2.24) is 4.31 Å². The summed E-state index contributed by atoms with van der Waals surface area (Å²) < 4.78 is 34.0. The summed E-state index contributed by atoms with van der Waals surface area (Å²) in [6.45, 7) is 7.93. The third-order valence-corrected chi connectivity index (χ3v) is 7.55. The number of piperidine rings is 1. The molecule has 2 aromatic carbocycles. The average Bonchev–Trinajstić information content (AvgIpc) is 2.67. The Kier molecular flexibility index (Phi) is 7.22. The molecule has 1 aliphatic rings. The third-order valence-electron chi connectivity index (χ3n) is 5.59. The monoisotopic (exact) mass is 443 g/mol. The van der Waals surface area contributed by atoms with Crippen molar-refractivity contribution in [3.05, 3.63) is 65.7 Å². The molecule has 6 heteroatoms. The summed E-state index contributed by atoms with van der Waals surface area (Å²) in [4.78, 5) is 12.7. The molecule has 3 rings (SSSR count). The molecule has 0 spiro atoms. The molecule has 2 aromatic rings. The fourth-order valence-corrected chi connectivity index (χ4v) is 5.80. The Hall–Kier alpha value is -2.18. The second-order valence-corrected chi connectivity index (χ2v) is 11.3. The minimum atomic E-state index is -3.61. The molecule has 0 aromatic heterocycles. The second-order valence-electron chi connectivity index (χ2n) is 9.45. The Morgan fingerprint density at radius 3 is 2.32 bits per heavy atom. The molecule has 0 unspecified atom stereocenters. The summed E-state index contributed by atoms with van der Waals surface area (Å²) in [6.07, 6.45) is 2.23. The SMILES string of the molecule is Cc1ccc(S(=O)(=O)N2CC[C@@H](CC(=O)OC(C)(C)C)C[C@@H]2Cc2ccccc2)cc1. The lowest BCUT2D eigenvalue weighted by Gasteiger charge is -2.38. The first-order chi connectivity index (χ1) is 14.5. The van der Waals surface area contributed by atoms with Gasteiger partial charge in [0.2, 0.25) is 10.0 Å². The highest BCUT2D eigenvalue weighted by Gasteiger charge is 2.37. The largest absolute Gasteiger partial charge is 0.460 e. The van der Waals surface area contributed by atoms with Crippen LogP contribution in [0.5, 0.6) is 0 Å². The first-order valence-corrected chi connectivity index (χ1v) is 12.3. The Bertz CT molecular complexity index is 978. The molecule has 1 fully saturated rings. The molecule has 168 valence electrons. The average molecular weight is 444 g/mol. The van der Waals surface area contributed by atoms with Gasteiger partial charge >= 0.3 is 5.97 Å². The van der Waals surface area contributed by atoms with Crippen LogP contribution in [0.25, 0.3) is 0 Å². The zero-order chi connectivity index (χ0) is 22.6. The highest BCUT2D eigenvalue weighted by molar-refractivity contribution is 7.89. The molecule has 0 amide bonds. The van der Waals surface area contributed by atoms with Crippen molar-refractivity contribution in [3.63, 3.8) is 0 Å². The highest BCUT2D eigenvalue weighted by Crippen LogP contribution is 2.32. The van der Waals surface area contributed by atoms with Gasteiger partial charge < -0.3 is 4.74 Å². The molecule has 0 N–H and O–H groups in total. The van der Waals surface area contributed by atoms with Crippen molar-refractivity contribution in [1.29, 1.82) is 0 Å². The molecular weight excluding hydrogens is 410 g/mol. The highest BCUT2D eigenvalue weighted by atomic mass is 32.2. The molecular formula is C25H33NO4S. The van der Waals surface area contributed by atoms with Gasteiger partial charge in [0, 0.05) is 19.0 Å². The van der Waals surface area contributed by atoms with E-state index in [1.807, 2.05) is 70.2 Å². The number of carbonyl (C=O) groups is 1. The van der Waals surface area contributed by atoms with Crippen LogP contribution in [0.3, 0.4) is 0 Å². The maximum Gasteiger partial charge on any atom is 0.306 e. The van der Waals surface area contributed by atoms with E-state index in [1.54, 1.807) is 16.4 Å². The first kappa shape index (κ1) is 23.5. The number of nitrogens with zero attached hydrogens (tertiary/aromatic N) is 1. The van der Waals surface area contributed by atoms with E-state index in [9.17, 15) is 13.2 Å². The van der Waals surface area contributed by atoms with E-state index in [2.05, 4.69) is 0 Å². The summed E-state index contributed by atoms with van der Waals surface area (Å²) in [5.41, 5.74) is 1.60. The zero-order valence-electron chi connectivity index (χ0n) is 18.9. The van der Waals surface area contributed by atoms with Crippen molar-refractivity contribution < 1.29 is 17.9 Å². The maximum absolute atomic E-state index is 13.4. The van der Waals surface area contributed by atoms with Crippen molar-refractivity contribution >= 4 is 16.0 Å². The van der Waals surface area contributed by atoms with Gasteiger partial charge in [0.05, 0.1) is 4.90 Å². The van der Waals surface area contributed by atoms with Crippen LogP contribution in [0, 0.1) is 12.8 Å². The van der Waals surface area contributed by atoms with Crippen LogP contribution in [-0.2, 0) is 26.0 Å². The van der Waals surface area contributed by atoms with Gasteiger partial charge in [-0.1, -0.05) is 48.0 Å². The molecule has 0 bridgehead atoms. The predicted molar refractivity (Wildman–Crippen MR) is 122 cm³/mol. The van der Waals surface area contributed by atoms with Gasteiger partial charge in [-0.2, -0.15) is 4.31 Å². The number of benzene rings is 2. The fraction of sp³-hybridized carbons (Fsp3) is 0.480. The van der Waals surface area contributed by atoms with Crippen LogP contribution in [0.2, 0.25) is 0 Å². The smallest absolute Gasteiger partial charge is 0.306 e. The molecule has 1 aliphatic heterocycles. The van der Waals surface area contributed by atoms with Gasteiger partial charge in [-0.05, 0) is 70.6 Å². The number of rotatable bonds is 6. The number of hydrogen-bond donors (Lipinski definition) is 0. The first-order valence-electron chi connectivity index (χ1n) is 10.9. The maximum atomic E-state index is 13.4. The predicted octanol–water partition coefficient (Wildman–Crippen LogP) is 4.74. The van der Waals surface area contributed by atoms with Crippen LogP contribution < -0.4 is 0 Å². The number of esters is 1. The molecule has 5 nitrogen and oxygen atoms in total. The quantitative estimate of drug-likeness (QED) is 0.605. The Morgan fingerprint density at radius 2 is 1.71 bits per heavy atom. The molecule has 0 aliphatic carbocycles. The number of ether oxygens (including phenoxy) is 1. The van der Waals surface area contributed by atoms with E-state index in [-0.39, 0.29) is 17.9 Å². The molecule has 1 heterocycles. The second kappa shape index (κ2) is 9.53. The van der Waals surface area contributed by atoms with Gasteiger partial charge in [-0.3, -0.25) is 4.79 Å². The van der Waals surface area contributed by atoms with Gasteiger partial charge in [0.15, 0.2) is 0 Å². The molecule has 31 heavy (non-hydrogen) atoms. The third kappa shape index (κ3) is 6.40. The van der Waals surface area contributed by atoms with Crippen LogP contribution >= 0.6 is 0 Å². The van der Waals surface area contributed by atoms with E-state index < -0.39 is 15.6 Å². The number of sulfonamides is 1. The van der Waals surface area contributed by atoms with Crippen molar-refractivity contribution in [2.24, 2.45) is 5.92 Å². The summed E-state index contributed by atoms with van der Waals surface area (Å²) in [7, 11) is -3.61.